The predicted octanol–water partition coefficient (Wildman–Crippen LogP) is 6.88. The van der Waals surface area contributed by atoms with E-state index in [1.54, 1.807) is 36.4 Å². The Morgan fingerprint density at radius 2 is 1.60 bits per heavy atom. The minimum Gasteiger partial charge on any atom is -0.368 e. The van der Waals surface area contributed by atoms with Crippen molar-refractivity contribution in [2.75, 3.05) is 5.32 Å². The van der Waals surface area contributed by atoms with Crippen molar-refractivity contribution in [2.45, 2.75) is 31.8 Å². The molecule has 0 bridgehead atoms. The van der Waals surface area contributed by atoms with Crippen molar-refractivity contribution in [1.82, 2.24) is 4.90 Å². The second-order valence-electron chi connectivity index (χ2n) is 9.89. The molecule has 3 N–H and O–H groups in total. The molecule has 0 radical (unpaired) electrons. The molecule has 6 nitrogen and oxygen atoms in total. The number of nitrogens with zero attached hydrogens (tertiary/aromatic N) is 1. The number of anilines is 1. The number of nitrogens with two attached hydrogens (primary N) is 1. The van der Waals surface area contributed by atoms with Crippen LogP contribution in [-0.4, -0.2) is 28.7 Å². The van der Waals surface area contributed by atoms with Gasteiger partial charge in [0.1, 0.15) is 11.9 Å². The second-order valence-corrected chi connectivity index (χ2v) is 11.3. The number of halogens is 2. The summed E-state index contributed by atoms with van der Waals surface area (Å²) in [5, 5.41) is 5.16. The summed E-state index contributed by atoms with van der Waals surface area (Å²) in [7, 11) is 0. The van der Waals surface area contributed by atoms with Gasteiger partial charge in [-0.25, -0.2) is 9.18 Å². The van der Waals surface area contributed by atoms with E-state index in [0.717, 1.165) is 16.0 Å². The monoisotopic (exact) mass is 575 g/mol. The summed E-state index contributed by atoms with van der Waals surface area (Å²) < 4.78 is 13.6. The first-order valence-corrected chi connectivity index (χ1v) is 14.0. The highest BCUT2D eigenvalue weighted by molar-refractivity contribution is 7.10. The van der Waals surface area contributed by atoms with Gasteiger partial charge in [-0.2, -0.15) is 0 Å². The first-order chi connectivity index (χ1) is 19.2. The number of hydrogen-bond acceptors (Lipinski definition) is 4. The summed E-state index contributed by atoms with van der Waals surface area (Å²) in [6.45, 7) is 3.77. The molecule has 3 aromatic carbocycles. The van der Waals surface area contributed by atoms with Gasteiger partial charge in [0, 0.05) is 27.1 Å². The molecular formula is C31H27ClFN3O3S. The minimum absolute atomic E-state index is 0.195. The lowest BCUT2D eigenvalue weighted by atomic mass is 9.77. The molecule has 40 heavy (non-hydrogen) atoms. The van der Waals surface area contributed by atoms with Crippen molar-refractivity contribution in [1.29, 1.82) is 0 Å². The van der Waals surface area contributed by atoms with E-state index in [1.807, 2.05) is 37.4 Å². The van der Waals surface area contributed by atoms with E-state index in [-0.39, 0.29) is 5.78 Å². The number of amides is 3. The molecule has 3 amide bonds. The summed E-state index contributed by atoms with van der Waals surface area (Å²) >= 11 is 7.63. The van der Waals surface area contributed by atoms with Crippen LogP contribution >= 0.6 is 22.9 Å². The molecule has 0 aliphatic carbocycles. The number of likely N-dealkylation sites (tertiary alicyclic amines) is 1. The zero-order valence-corrected chi connectivity index (χ0v) is 23.4. The zero-order valence-electron chi connectivity index (χ0n) is 21.8. The lowest BCUT2D eigenvalue weighted by Gasteiger charge is -2.31. The van der Waals surface area contributed by atoms with Crippen molar-refractivity contribution in [3.05, 3.63) is 122 Å². The van der Waals surface area contributed by atoms with Gasteiger partial charge >= 0.3 is 6.03 Å². The van der Waals surface area contributed by atoms with Crippen LogP contribution in [0.15, 0.2) is 84.2 Å². The van der Waals surface area contributed by atoms with E-state index >= 15 is 0 Å². The van der Waals surface area contributed by atoms with Gasteiger partial charge in [-0.05, 0) is 78.4 Å². The van der Waals surface area contributed by atoms with E-state index < -0.39 is 41.7 Å². The molecule has 1 aromatic heterocycles. The van der Waals surface area contributed by atoms with Gasteiger partial charge < -0.3 is 16.0 Å². The van der Waals surface area contributed by atoms with Crippen molar-refractivity contribution in [2.24, 2.45) is 11.7 Å². The van der Waals surface area contributed by atoms with Crippen LogP contribution < -0.4 is 11.1 Å². The third-order valence-corrected chi connectivity index (χ3v) is 8.79. The average molecular weight is 576 g/mol. The Hall–Kier alpha value is -4.01. The number of nitrogens with one attached hydrogen (secondary N) is 1. The number of thiophene rings is 1. The number of ketones is 1. The maximum atomic E-state index is 14.5. The van der Waals surface area contributed by atoms with Crippen LogP contribution in [0.4, 0.5) is 14.9 Å². The van der Waals surface area contributed by atoms with E-state index in [4.69, 9.17) is 17.3 Å². The molecule has 0 saturated carbocycles. The van der Waals surface area contributed by atoms with E-state index in [1.165, 1.54) is 40.5 Å². The lowest BCUT2D eigenvalue weighted by Crippen LogP contribution is -2.48. The molecule has 4 unspecified atom stereocenters. The Balaban J connectivity index is 1.73. The minimum atomic E-state index is -1.14. The van der Waals surface area contributed by atoms with Crippen molar-refractivity contribution < 1.29 is 18.8 Å². The fourth-order valence-electron chi connectivity index (χ4n) is 5.60. The second kappa shape index (κ2) is 11.2. The summed E-state index contributed by atoms with van der Waals surface area (Å²) in [5.74, 6) is -2.92. The van der Waals surface area contributed by atoms with Gasteiger partial charge in [-0.3, -0.25) is 9.59 Å². The molecular weight excluding hydrogens is 549 g/mol. The fourth-order valence-corrected chi connectivity index (χ4v) is 6.83. The van der Waals surface area contributed by atoms with Crippen LogP contribution in [-0.2, 0) is 4.79 Å². The Labute approximate surface area is 240 Å². The number of hydrogen-bond donors (Lipinski definition) is 2. The maximum Gasteiger partial charge on any atom is 0.323 e. The Kier molecular flexibility index (Phi) is 7.74. The van der Waals surface area contributed by atoms with Crippen molar-refractivity contribution in [3.63, 3.8) is 0 Å². The highest BCUT2D eigenvalue weighted by Gasteiger charge is 2.57. The predicted molar refractivity (Wildman–Crippen MR) is 155 cm³/mol. The largest absolute Gasteiger partial charge is 0.368 e. The molecule has 4 atom stereocenters. The molecule has 204 valence electrons. The van der Waals surface area contributed by atoms with Crippen LogP contribution in [0.2, 0.25) is 5.02 Å². The maximum absolute atomic E-state index is 14.5. The number of rotatable bonds is 6. The molecule has 2 heterocycles. The summed E-state index contributed by atoms with van der Waals surface area (Å²) in [4.78, 5) is 44.0. The Morgan fingerprint density at radius 1 is 0.925 bits per heavy atom. The average Bonchev–Trinajstić information content (AvgIpc) is 3.51. The fraction of sp³-hybridized carbons (Fsp3) is 0.194. The van der Waals surface area contributed by atoms with E-state index in [0.29, 0.717) is 21.8 Å². The van der Waals surface area contributed by atoms with Crippen LogP contribution in [0.1, 0.15) is 43.9 Å². The topological polar surface area (TPSA) is 92.5 Å². The first-order valence-electron chi connectivity index (χ1n) is 12.7. The van der Waals surface area contributed by atoms with Crippen LogP contribution in [0, 0.1) is 25.6 Å². The number of carbonyl (C=O) groups excluding carboxylic acids is 3. The molecule has 1 saturated heterocycles. The number of urea groups is 1. The van der Waals surface area contributed by atoms with Gasteiger partial charge in [0.25, 0.3) is 0 Å². The molecule has 9 heteroatoms. The molecule has 4 aromatic rings. The van der Waals surface area contributed by atoms with Gasteiger partial charge in [-0.1, -0.05) is 48.0 Å². The summed E-state index contributed by atoms with van der Waals surface area (Å²) in [5.41, 5.74) is 9.21. The number of benzene rings is 3. The molecule has 1 aliphatic rings. The molecule has 1 aliphatic heterocycles. The number of aryl methyl sites for hydroxylation is 2. The van der Waals surface area contributed by atoms with E-state index in [2.05, 4.69) is 5.32 Å². The molecule has 5 rings (SSSR count). The van der Waals surface area contributed by atoms with Crippen LogP contribution in [0.25, 0.3) is 0 Å². The third kappa shape index (κ3) is 5.12. The zero-order chi connectivity index (χ0) is 28.6. The normalized spacial score (nSPS) is 20.4. The smallest absolute Gasteiger partial charge is 0.323 e. The van der Waals surface area contributed by atoms with Crippen molar-refractivity contribution in [3.8, 4) is 0 Å². The van der Waals surface area contributed by atoms with Gasteiger partial charge in [-0.15, -0.1) is 11.3 Å². The first kappa shape index (κ1) is 27.6. The highest BCUT2D eigenvalue weighted by atomic mass is 35.5. The Morgan fingerprint density at radius 3 is 2.20 bits per heavy atom. The van der Waals surface area contributed by atoms with E-state index in [9.17, 15) is 18.8 Å². The third-order valence-electron chi connectivity index (χ3n) is 7.42. The number of primary amides is 1. The number of Topliss-reactive ketones (excluding diaryl/α,β-unsaturated/α-hetero) is 1. The summed E-state index contributed by atoms with van der Waals surface area (Å²) in [6, 6.07) is 18.8. The van der Waals surface area contributed by atoms with Gasteiger partial charge in [0.15, 0.2) is 5.78 Å². The SMILES string of the molecule is Cc1ccccc1C(=O)C1C(c2sccc2C)C(C(N)=O)N(C(=O)Nc2ccc(F)cc2)C1c1ccc(Cl)cc1. The van der Waals surface area contributed by atoms with Gasteiger partial charge in [0.2, 0.25) is 5.91 Å². The highest BCUT2D eigenvalue weighted by Crippen LogP contribution is 2.53. The quantitative estimate of drug-likeness (QED) is 0.245. The molecule has 1 fully saturated rings. The number of carbonyl (C=O) groups is 3. The van der Waals surface area contributed by atoms with Crippen LogP contribution in [0.3, 0.4) is 0 Å². The van der Waals surface area contributed by atoms with Crippen LogP contribution in [0.5, 0.6) is 0 Å². The standard InChI is InChI=1S/C31H27ClFN3O3S/c1-17-5-3-4-6-23(17)28(37)24-25(29-18(2)15-16-40-29)27(30(34)38)36(26(24)19-7-9-20(32)10-8-19)31(39)35-22-13-11-21(33)12-14-22/h3-16,24-27H,1-2H3,(H2,34,38)(H,35,39). The Bertz CT molecular complexity index is 1570. The summed E-state index contributed by atoms with van der Waals surface area (Å²) in [6.07, 6.45) is 0. The molecule has 0 spiro atoms. The lowest BCUT2D eigenvalue weighted by molar-refractivity contribution is -0.122. The van der Waals surface area contributed by atoms with Crippen molar-refractivity contribution >= 4 is 46.3 Å². The van der Waals surface area contributed by atoms with Gasteiger partial charge in [0.05, 0.1) is 12.0 Å².